The standard InChI is InChI=1S/C20H20N2O/c1-3-21-13-16-9-10-17(11-14(16)2)22-20(23)19-12-18(19)15-7-5-4-6-8-15/h3-11,13,18-19H,1,12H2,2H3,(H,22,23)/b21-13-. The van der Waals surface area contributed by atoms with Gasteiger partial charge < -0.3 is 5.32 Å². The number of benzene rings is 2. The molecule has 1 fully saturated rings. The molecule has 0 heterocycles. The summed E-state index contributed by atoms with van der Waals surface area (Å²) in [5.41, 5.74) is 4.18. The molecule has 0 aliphatic heterocycles. The Kier molecular flexibility index (Phi) is 4.38. The summed E-state index contributed by atoms with van der Waals surface area (Å²) < 4.78 is 0. The number of aryl methyl sites for hydroxylation is 1. The quantitative estimate of drug-likeness (QED) is 0.822. The average Bonchev–Trinajstić information content (AvgIpc) is 3.36. The number of nitrogens with one attached hydrogen (secondary N) is 1. The van der Waals surface area contributed by atoms with Crippen LogP contribution in [-0.2, 0) is 4.79 Å². The van der Waals surface area contributed by atoms with Crippen LogP contribution < -0.4 is 5.32 Å². The van der Waals surface area contributed by atoms with Crippen LogP contribution in [0.15, 0.2) is 66.3 Å². The lowest BCUT2D eigenvalue weighted by molar-refractivity contribution is -0.117. The van der Waals surface area contributed by atoms with Crippen molar-refractivity contribution in [3.8, 4) is 0 Å². The first-order valence-corrected chi connectivity index (χ1v) is 7.79. The van der Waals surface area contributed by atoms with E-state index in [1.54, 1.807) is 6.21 Å². The van der Waals surface area contributed by atoms with Crippen LogP contribution >= 0.6 is 0 Å². The summed E-state index contributed by atoms with van der Waals surface area (Å²) >= 11 is 0. The topological polar surface area (TPSA) is 41.5 Å². The van der Waals surface area contributed by atoms with Gasteiger partial charge in [0.25, 0.3) is 0 Å². The van der Waals surface area contributed by atoms with Gasteiger partial charge in [-0.1, -0.05) is 43.0 Å². The fraction of sp³-hybridized carbons (Fsp3) is 0.200. The van der Waals surface area contributed by atoms with Crippen LogP contribution in [0, 0.1) is 12.8 Å². The number of carbonyl (C=O) groups is 1. The van der Waals surface area contributed by atoms with Crippen LogP contribution in [0.25, 0.3) is 0 Å². The van der Waals surface area contributed by atoms with Gasteiger partial charge in [-0.3, -0.25) is 9.79 Å². The van der Waals surface area contributed by atoms with Gasteiger partial charge in [0.2, 0.25) is 5.91 Å². The number of carbonyl (C=O) groups excluding carboxylic acids is 1. The zero-order valence-electron chi connectivity index (χ0n) is 13.2. The molecule has 3 nitrogen and oxygen atoms in total. The van der Waals surface area contributed by atoms with Gasteiger partial charge in [-0.05, 0) is 48.1 Å². The van der Waals surface area contributed by atoms with Crippen molar-refractivity contribution in [2.45, 2.75) is 19.3 Å². The highest BCUT2D eigenvalue weighted by Crippen LogP contribution is 2.47. The fourth-order valence-corrected chi connectivity index (χ4v) is 2.82. The molecule has 2 aromatic rings. The van der Waals surface area contributed by atoms with Gasteiger partial charge in [0.1, 0.15) is 0 Å². The normalized spacial score (nSPS) is 19.5. The lowest BCUT2D eigenvalue weighted by atomic mass is 10.1. The van der Waals surface area contributed by atoms with Crippen molar-refractivity contribution in [1.82, 2.24) is 0 Å². The van der Waals surface area contributed by atoms with Crippen LogP contribution in [-0.4, -0.2) is 12.1 Å². The number of hydrogen-bond acceptors (Lipinski definition) is 2. The van der Waals surface area contributed by atoms with E-state index in [0.717, 1.165) is 23.2 Å². The maximum atomic E-state index is 12.4. The minimum absolute atomic E-state index is 0.0831. The fourth-order valence-electron chi connectivity index (χ4n) is 2.82. The highest BCUT2D eigenvalue weighted by Gasteiger charge is 2.43. The van der Waals surface area contributed by atoms with Crippen LogP contribution in [0.5, 0.6) is 0 Å². The highest BCUT2D eigenvalue weighted by molar-refractivity contribution is 5.95. The van der Waals surface area contributed by atoms with E-state index < -0.39 is 0 Å². The van der Waals surface area contributed by atoms with Crippen LogP contribution in [0.4, 0.5) is 5.69 Å². The number of anilines is 1. The zero-order chi connectivity index (χ0) is 16.2. The molecule has 0 spiro atoms. The average molecular weight is 304 g/mol. The first kappa shape index (κ1) is 15.2. The van der Waals surface area contributed by atoms with Gasteiger partial charge in [0.05, 0.1) is 0 Å². The van der Waals surface area contributed by atoms with E-state index >= 15 is 0 Å². The van der Waals surface area contributed by atoms with Crippen LogP contribution in [0.1, 0.15) is 29.0 Å². The lowest BCUT2D eigenvalue weighted by Crippen LogP contribution is -2.14. The Morgan fingerprint density at radius 1 is 1.26 bits per heavy atom. The maximum absolute atomic E-state index is 12.4. The summed E-state index contributed by atoms with van der Waals surface area (Å²) in [6, 6.07) is 16.1. The molecule has 0 saturated heterocycles. The molecule has 1 aliphatic rings. The van der Waals surface area contributed by atoms with E-state index in [1.807, 2.05) is 43.3 Å². The number of nitrogens with zero attached hydrogens (tertiary/aromatic N) is 1. The van der Waals surface area contributed by atoms with Crippen molar-refractivity contribution in [1.29, 1.82) is 0 Å². The summed E-state index contributed by atoms with van der Waals surface area (Å²) in [6.07, 6.45) is 4.20. The SMILES string of the molecule is C=C/N=C\c1ccc(NC(=O)C2CC2c2ccccc2)cc1C. The van der Waals surface area contributed by atoms with Crippen molar-refractivity contribution >= 4 is 17.8 Å². The van der Waals surface area contributed by atoms with Gasteiger partial charge in [0.15, 0.2) is 0 Å². The second-order valence-electron chi connectivity index (χ2n) is 5.88. The molecule has 2 unspecified atom stereocenters. The van der Waals surface area contributed by atoms with Crippen LogP contribution in [0.2, 0.25) is 0 Å². The maximum Gasteiger partial charge on any atom is 0.228 e. The molecule has 23 heavy (non-hydrogen) atoms. The molecule has 3 heteroatoms. The number of rotatable bonds is 5. The predicted octanol–water partition coefficient (Wildman–Crippen LogP) is 4.30. The second kappa shape index (κ2) is 6.61. The molecule has 0 bridgehead atoms. The van der Waals surface area contributed by atoms with E-state index in [4.69, 9.17) is 0 Å². The Morgan fingerprint density at radius 2 is 2.04 bits per heavy atom. The zero-order valence-corrected chi connectivity index (χ0v) is 13.2. The van der Waals surface area contributed by atoms with Gasteiger partial charge in [-0.2, -0.15) is 0 Å². The van der Waals surface area contributed by atoms with E-state index in [2.05, 4.69) is 29.0 Å². The number of amides is 1. The van der Waals surface area contributed by atoms with E-state index in [-0.39, 0.29) is 11.8 Å². The Morgan fingerprint density at radius 3 is 2.74 bits per heavy atom. The van der Waals surface area contributed by atoms with Gasteiger partial charge in [0, 0.05) is 24.0 Å². The minimum Gasteiger partial charge on any atom is -0.326 e. The second-order valence-corrected chi connectivity index (χ2v) is 5.88. The third-order valence-electron chi connectivity index (χ3n) is 4.21. The molecule has 3 rings (SSSR count). The van der Waals surface area contributed by atoms with E-state index in [1.165, 1.54) is 11.8 Å². The lowest BCUT2D eigenvalue weighted by Gasteiger charge is -2.08. The Bertz CT molecular complexity index is 749. The molecule has 116 valence electrons. The van der Waals surface area contributed by atoms with Crippen molar-refractivity contribution in [3.63, 3.8) is 0 Å². The predicted molar refractivity (Wildman–Crippen MR) is 94.9 cm³/mol. The minimum atomic E-state index is 0.0831. The van der Waals surface area contributed by atoms with Gasteiger partial charge in [-0.15, -0.1) is 0 Å². The van der Waals surface area contributed by atoms with E-state index in [0.29, 0.717) is 5.92 Å². The summed E-state index contributed by atoms with van der Waals surface area (Å²) in [7, 11) is 0. The largest absolute Gasteiger partial charge is 0.326 e. The Labute approximate surface area is 136 Å². The highest BCUT2D eigenvalue weighted by atomic mass is 16.2. The molecular weight excluding hydrogens is 284 g/mol. The van der Waals surface area contributed by atoms with Crippen molar-refractivity contribution in [2.75, 3.05) is 5.32 Å². The van der Waals surface area contributed by atoms with Gasteiger partial charge >= 0.3 is 0 Å². The van der Waals surface area contributed by atoms with E-state index in [9.17, 15) is 4.79 Å². The molecular formula is C20H20N2O. The summed E-state index contributed by atoms with van der Waals surface area (Å²) in [4.78, 5) is 16.4. The third kappa shape index (κ3) is 3.57. The molecule has 2 aromatic carbocycles. The molecule has 0 radical (unpaired) electrons. The first-order chi connectivity index (χ1) is 11.2. The summed E-state index contributed by atoms with van der Waals surface area (Å²) in [6.45, 7) is 5.57. The molecule has 1 saturated carbocycles. The smallest absolute Gasteiger partial charge is 0.228 e. The molecule has 1 amide bonds. The molecule has 1 aliphatic carbocycles. The third-order valence-corrected chi connectivity index (χ3v) is 4.21. The molecule has 1 N–H and O–H groups in total. The van der Waals surface area contributed by atoms with Gasteiger partial charge in [-0.25, -0.2) is 0 Å². The summed E-state index contributed by atoms with van der Waals surface area (Å²) in [5.74, 6) is 0.543. The Hall–Kier alpha value is -2.68. The Balaban J connectivity index is 1.64. The van der Waals surface area contributed by atoms with Crippen molar-refractivity contribution in [3.05, 3.63) is 78.0 Å². The number of aliphatic imine (C=N–C) groups is 1. The molecule has 0 aromatic heterocycles. The van der Waals surface area contributed by atoms with Crippen LogP contribution in [0.3, 0.4) is 0 Å². The van der Waals surface area contributed by atoms with Crippen molar-refractivity contribution in [2.24, 2.45) is 10.9 Å². The first-order valence-electron chi connectivity index (χ1n) is 7.79. The number of hydrogen-bond donors (Lipinski definition) is 1. The summed E-state index contributed by atoms with van der Waals surface area (Å²) in [5, 5.41) is 3.02. The monoisotopic (exact) mass is 304 g/mol. The van der Waals surface area contributed by atoms with Crippen molar-refractivity contribution < 1.29 is 4.79 Å². The molecule has 2 atom stereocenters.